The van der Waals surface area contributed by atoms with E-state index in [2.05, 4.69) is 43.1 Å². The smallest absolute Gasteiger partial charge is 0.324 e. The Labute approximate surface area is 172 Å². The number of para-hydroxylation sites is 1. The van der Waals surface area contributed by atoms with Crippen molar-refractivity contribution in [1.82, 2.24) is 29.6 Å². The highest BCUT2D eigenvalue weighted by atomic mass is 16.2. The van der Waals surface area contributed by atoms with Crippen molar-refractivity contribution in [1.29, 1.82) is 0 Å². The molecule has 6 rings (SSSR count). The first-order valence-electron chi connectivity index (χ1n) is 10.2. The number of fused-ring (bicyclic) bond motifs is 3. The van der Waals surface area contributed by atoms with Crippen LogP contribution in [-0.2, 0) is 12.0 Å². The van der Waals surface area contributed by atoms with Crippen molar-refractivity contribution in [2.45, 2.75) is 24.8 Å². The van der Waals surface area contributed by atoms with Gasteiger partial charge in [0.05, 0.1) is 11.2 Å². The normalized spacial score (nSPS) is 20.2. The Kier molecular flexibility index (Phi) is 3.68. The van der Waals surface area contributed by atoms with Crippen molar-refractivity contribution in [3.05, 3.63) is 60.7 Å². The molecule has 0 saturated carbocycles. The molecule has 1 saturated heterocycles. The van der Waals surface area contributed by atoms with Gasteiger partial charge in [0.25, 0.3) is 0 Å². The summed E-state index contributed by atoms with van der Waals surface area (Å²) in [5.74, 6) is 0.475. The molecule has 2 aliphatic rings. The molecule has 0 radical (unpaired) electrons. The van der Waals surface area contributed by atoms with Gasteiger partial charge in [-0.3, -0.25) is 15.0 Å². The molecule has 8 heteroatoms. The van der Waals surface area contributed by atoms with Gasteiger partial charge in [-0.1, -0.05) is 18.2 Å². The van der Waals surface area contributed by atoms with E-state index in [1.807, 2.05) is 29.3 Å². The molecule has 2 aliphatic heterocycles. The van der Waals surface area contributed by atoms with Crippen LogP contribution in [0.25, 0.3) is 22.2 Å². The number of benzene rings is 1. The van der Waals surface area contributed by atoms with Crippen molar-refractivity contribution in [2.24, 2.45) is 0 Å². The van der Waals surface area contributed by atoms with E-state index in [4.69, 9.17) is 5.10 Å². The topological polar surface area (TPSA) is 91.7 Å². The number of carbonyl (C=O) groups is 1. The molecule has 1 aromatic carbocycles. The molecule has 0 bridgehead atoms. The molecule has 8 nitrogen and oxygen atoms in total. The third kappa shape index (κ3) is 2.67. The van der Waals surface area contributed by atoms with Gasteiger partial charge >= 0.3 is 6.03 Å². The van der Waals surface area contributed by atoms with Gasteiger partial charge in [-0.15, -0.1) is 0 Å². The molecule has 5 heterocycles. The Balaban J connectivity index is 1.27. The fourth-order valence-electron chi connectivity index (χ4n) is 4.79. The molecular formula is C22H21N7O. The second-order valence-electron chi connectivity index (χ2n) is 8.12. The lowest BCUT2D eigenvalue weighted by Crippen LogP contribution is -2.36. The van der Waals surface area contributed by atoms with E-state index < -0.39 is 0 Å². The Morgan fingerprint density at radius 2 is 2.03 bits per heavy atom. The standard InChI is InChI=1S/C22H21N7O/c30-21(26-20-23-7-8-24-20)28-9-5-22(14-28)6-10-29-19(22)12-18(27-29)16-11-15-3-1-2-4-17(15)25-13-16/h1-4,7-8,11-13H,5-6,9-10,14H2,(H2,23,24,26,30). The maximum absolute atomic E-state index is 12.6. The molecule has 1 unspecified atom stereocenters. The summed E-state index contributed by atoms with van der Waals surface area (Å²) in [5.41, 5.74) is 4.14. The van der Waals surface area contributed by atoms with Crippen LogP contribution >= 0.6 is 0 Å². The van der Waals surface area contributed by atoms with Crippen LogP contribution in [0.4, 0.5) is 10.7 Å². The highest BCUT2D eigenvalue weighted by Gasteiger charge is 2.47. The highest BCUT2D eigenvalue weighted by Crippen LogP contribution is 2.43. The Bertz CT molecular complexity index is 1250. The number of amides is 2. The number of aromatic nitrogens is 5. The lowest BCUT2D eigenvalue weighted by molar-refractivity contribution is 0.219. The van der Waals surface area contributed by atoms with Crippen LogP contribution in [0.5, 0.6) is 0 Å². The number of aryl methyl sites for hydroxylation is 1. The number of nitrogens with one attached hydrogen (secondary N) is 2. The number of pyridine rings is 1. The summed E-state index contributed by atoms with van der Waals surface area (Å²) in [7, 11) is 0. The molecule has 30 heavy (non-hydrogen) atoms. The first kappa shape index (κ1) is 17.2. The first-order valence-corrected chi connectivity index (χ1v) is 10.2. The van der Waals surface area contributed by atoms with E-state index >= 15 is 0 Å². The molecule has 2 N–H and O–H groups in total. The van der Waals surface area contributed by atoms with E-state index in [1.54, 1.807) is 12.4 Å². The Morgan fingerprint density at radius 1 is 1.13 bits per heavy atom. The zero-order valence-electron chi connectivity index (χ0n) is 16.4. The summed E-state index contributed by atoms with van der Waals surface area (Å²) in [6.07, 6.45) is 7.17. The first-order chi connectivity index (χ1) is 14.7. The third-order valence-corrected chi connectivity index (χ3v) is 6.38. The van der Waals surface area contributed by atoms with Gasteiger partial charge in [-0.05, 0) is 31.0 Å². The number of hydrogen-bond acceptors (Lipinski definition) is 4. The lowest BCUT2D eigenvalue weighted by Gasteiger charge is -2.23. The van der Waals surface area contributed by atoms with E-state index in [1.165, 1.54) is 5.69 Å². The maximum atomic E-state index is 12.6. The van der Waals surface area contributed by atoms with Crippen LogP contribution < -0.4 is 5.32 Å². The monoisotopic (exact) mass is 399 g/mol. The number of anilines is 1. The number of rotatable bonds is 2. The number of imidazole rings is 1. The zero-order valence-corrected chi connectivity index (χ0v) is 16.4. The molecule has 1 atom stereocenters. The molecule has 0 aliphatic carbocycles. The van der Waals surface area contributed by atoms with E-state index in [9.17, 15) is 4.79 Å². The van der Waals surface area contributed by atoms with Crippen molar-refractivity contribution in [2.75, 3.05) is 18.4 Å². The number of hydrogen-bond donors (Lipinski definition) is 2. The molecule has 1 fully saturated rings. The molecule has 3 aromatic heterocycles. The summed E-state index contributed by atoms with van der Waals surface area (Å²) in [6.45, 7) is 2.30. The van der Waals surface area contributed by atoms with Crippen LogP contribution in [0.3, 0.4) is 0 Å². The number of likely N-dealkylation sites (tertiary alicyclic amines) is 1. The average Bonchev–Trinajstić information content (AvgIpc) is 3.55. The minimum absolute atomic E-state index is 0.0317. The van der Waals surface area contributed by atoms with E-state index in [-0.39, 0.29) is 11.4 Å². The Hall–Kier alpha value is -3.68. The van der Waals surface area contributed by atoms with E-state index in [0.717, 1.165) is 48.1 Å². The molecule has 150 valence electrons. The van der Waals surface area contributed by atoms with Crippen molar-refractivity contribution in [3.63, 3.8) is 0 Å². The zero-order chi connectivity index (χ0) is 20.1. The van der Waals surface area contributed by atoms with Crippen molar-refractivity contribution < 1.29 is 4.79 Å². The fourth-order valence-corrected chi connectivity index (χ4v) is 4.79. The molecule has 1 spiro atoms. The summed E-state index contributed by atoms with van der Waals surface area (Å²) in [5, 5.41) is 8.80. The molecule has 4 aromatic rings. The largest absolute Gasteiger partial charge is 0.331 e. The van der Waals surface area contributed by atoms with Crippen molar-refractivity contribution in [3.8, 4) is 11.3 Å². The number of H-pyrrole nitrogens is 1. The fraction of sp³-hybridized carbons (Fsp3) is 0.273. The minimum atomic E-state index is -0.112. The number of aromatic amines is 1. The molecular weight excluding hydrogens is 378 g/mol. The van der Waals surface area contributed by atoms with Gasteiger partial charge in [0.1, 0.15) is 0 Å². The predicted molar refractivity (Wildman–Crippen MR) is 113 cm³/mol. The number of carbonyl (C=O) groups excluding carboxylic acids is 1. The lowest BCUT2D eigenvalue weighted by atomic mass is 9.82. The Morgan fingerprint density at radius 3 is 2.93 bits per heavy atom. The van der Waals surface area contributed by atoms with Crippen LogP contribution in [0.2, 0.25) is 0 Å². The van der Waals surface area contributed by atoms with Crippen LogP contribution in [-0.4, -0.2) is 48.8 Å². The van der Waals surface area contributed by atoms with Gasteiger partial charge < -0.3 is 9.88 Å². The molecule has 2 amide bonds. The highest BCUT2D eigenvalue weighted by molar-refractivity contribution is 5.88. The van der Waals surface area contributed by atoms with Gasteiger partial charge in [0.15, 0.2) is 0 Å². The van der Waals surface area contributed by atoms with Gasteiger partial charge in [0.2, 0.25) is 5.95 Å². The second-order valence-corrected chi connectivity index (χ2v) is 8.12. The summed E-state index contributed by atoms with van der Waals surface area (Å²) < 4.78 is 2.11. The average molecular weight is 399 g/mol. The van der Waals surface area contributed by atoms with Crippen LogP contribution in [0.1, 0.15) is 18.5 Å². The van der Waals surface area contributed by atoms with Crippen LogP contribution in [0, 0.1) is 0 Å². The van der Waals surface area contributed by atoms with Crippen molar-refractivity contribution >= 4 is 22.9 Å². The summed E-state index contributed by atoms with van der Waals surface area (Å²) in [6, 6.07) is 12.3. The predicted octanol–water partition coefficient (Wildman–Crippen LogP) is 3.40. The van der Waals surface area contributed by atoms with E-state index in [0.29, 0.717) is 12.5 Å². The second kappa shape index (κ2) is 6.41. The minimum Gasteiger partial charge on any atom is -0.331 e. The quantitative estimate of drug-likeness (QED) is 0.540. The maximum Gasteiger partial charge on any atom is 0.324 e. The number of nitrogens with zero attached hydrogens (tertiary/aromatic N) is 5. The SMILES string of the molecule is O=C(Nc1ncc[nH]1)N1CCC2(CCn3nc(-c4cnc5ccccc5c4)cc32)C1. The third-order valence-electron chi connectivity index (χ3n) is 6.38. The summed E-state index contributed by atoms with van der Waals surface area (Å²) >= 11 is 0. The van der Waals surface area contributed by atoms with Gasteiger partial charge in [-0.25, -0.2) is 9.78 Å². The van der Waals surface area contributed by atoms with Crippen LogP contribution in [0.15, 0.2) is 55.0 Å². The summed E-state index contributed by atoms with van der Waals surface area (Å²) in [4.78, 5) is 26.1. The number of urea groups is 1. The van der Waals surface area contributed by atoms with Gasteiger partial charge in [0, 0.05) is 60.3 Å². The van der Waals surface area contributed by atoms with Gasteiger partial charge in [-0.2, -0.15) is 5.10 Å².